The minimum absolute atomic E-state index is 0.221. The second kappa shape index (κ2) is 7.57. The van der Waals surface area contributed by atoms with Gasteiger partial charge in [-0.15, -0.1) is 0 Å². The first-order valence-electron chi connectivity index (χ1n) is 7.50. The lowest BCUT2D eigenvalue weighted by Gasteiger charge is -2.12. The van der Waals surface area contributed by atoms with Crippen molar-refractivity contribution in [2.24, 2.45) is 0 Å². The Balaban J connectivity index is 1.73. The van der Waals surface area contributed by atoms with E-state index < -0.39 is 11.7 Å². The molecule has 9 heteroatoms. The SMILES string of the molecule is FC(F)(F)c1cc(Nc2cc(NCc3cccnc3)ncn2)ccc1Cl. The topological polar surface area (TPSA) is 62.7 Å². The second-order valence-electron chi connectivity index (χ2n) is 5.32. The normalized spacial score (nSPS) is 11.2. The summed E-state index contributed by atoms with van der Waals surface area (Å²) in [6.07, 6.45) is 0.183. The summed E-state index contributed by atoms with van der Waals surface area (Å²) in [6.45, 7) is 0.503. The average Bonchev–Trinajstić information content (AvgIpc) is 2.62. The van der Waals surface area contributed by atoms with Gasteiger partial charge in [-0.05, 0) is 29.8 Å². The Kier molecular flexibility index (Phi) is 5.22. The molecule has 2 heterocycles. The quantitative estimate of drug-likeness (QED) is 0.660. The number of benzene rings is 1. The Labute approximate surface area is 152 Å². The highest BCUT2D eigenvalue weighted by Crippen LogP contribution is 2.36. The minimum atomic E-state index is -4.53. The molecule has 2 N–H and O–H groups in total. The Morgan fingerprint density at radius 1 is 1.04 bits per heavy atom. The summed E-state index contributed by atoms with van der Waals surface area (Å²) < 4.78 is 38.8. The van der Waals surface area contributed by atoms with Gasteiger partial charge in [0.2, 0.25) is 0 Å². The van der Waals surface area contributed by atoms with E-state index in [9.17, 15) is 13.2 Å². The number of nitrogens with zero attached hydrogens (tertiary/aromatic N) is 3. The fourth-order valence-corrected chi connectivity index (χ4v) is 2.41. The van der Waals surface area contributed by atoms with Crippen molar-refractivity contribution in [2.45, 2.75) is 12.7 Å². The van der Waals surface area contributed by atoms with Crippen molar-refractivity contribution in [1.82, 2.24) is 15.0 Å². The average molecular weight is 380 g/mol. The van der Waals surface area contributed by atoms with Crippen LogP contribution in [0, 0.1) is 0 Å². The van der Waals surface area contributed by atoms with Gasteiger partial charge in [-0.25, -0.2) is 9.97 Å². The molecular formula is C17H13ClF3N5. The maximum absolute atomic E-state index is 12.9. The summed E-state index contributed by atoms with van der Waals surface area (Å²) in [7, 11) is 0. The van der Waals surface area contributed by atoms with Gasteiger partial charge in [-0.3, -0.25) is 4.98 Å². The summed E-state index contributed by atoms with van der Waals surface area (Å²) in [5.74, 6) is 0.875. The van der Waals surface area contributed by atoms with Crippen LogP contribution in [0.15, 0.2) is 55.1 Å². The van der Waals surface area contributed by atoms with E-state index in [1.807, 2.05) is 12.1 Å². The highest BCUT2D eigenvalue weighted by molar-refractivity contribution is 6.31. The fraction of sp³-hybridized carbons (Fsp3) is 0.118. The van der Waals surface area contributed by atoms with Crippen molar-refractivity contribution < 1.29 is 13.2 Å². The van der Waals surface area contributed by atoms with Gasteiger partial charge in [0.15, 0.2) is 0 Å². The summed E-state index contributed by atoms with van der Waals surface area (Å²) in [5.41, 5.74) is 0.278. The summed E-state index contributed by atoms with van der Waals surface area (Å²) >= 11 is 5.62. The van der Waals surface area contributed by atoms with E-state index in [4.69, 9.17) is 11.6 Å². The van der Waals surface area contributed by atoms with Crippen molar-refractivity contribution in [3.63, 3.8) is 0 Å². The lowest BCUT2D eigenvalue weighted by atomic mass is 10.2. The van der Waals surface area contributed by atoms with Crippen LogP contribution in [0.2, 0.25) is 5.02 Å². The number of nitrogens with one attached hydrogen (secondary N) is 2. The van der Waals surface area contributed by atoms with Crippen LogP contribution in [0.3, 0.4) is 0 Å². The van der Waals surface area contributed by atoms with E-state index >= 15 is 0 Å². The molecule has 0 bridgehead atoms. The molecule has 0 saturated heterocycles. The van der Waals surface area contributed by atoms with E-state index in [0.717, 1.165) is 11.6 Å². The Bertz CT molecular complexity index is 887. The third kappa shape index (κ3) is 4.60. The zero-order chi connectivity index (χ0) is 18.6. The molecule has 0 amide bonds. The molecule has 0 unspecified atom stereocenters. The Hall–Kier alpha value is -2.87. The molecule has 3 aromatic rings. The molecule has 134 valence electrons. The predicted molar refractivity (Wildman–Crippen MR) is 93.3 cm³/mol. The van der Waals surface area contributed by atoms with Crippen LogP contribution in [0.4, 0.5) is 30.5 Å². The first-order valence-corrected chi connectivity index (χ1v) is 7.88. The van der Waals surface area contributed by atoms with Gasteiger partial charge in [-0.2, -0.15) is 13.2 Å². The van der Waals surface area contributed by atoms with Crippen LogP contribution >= 0.6 is 11.6 Å². The molecule has 5 nitrogen and oxygen atoms in total. The predicted octanol–water partition coefficient (Wildman–Crippen LogP) is 4.90. The van der Waals surface area contributed by atoms with Gasteiger partial charge in [0, 0.05) is 30.7 Å². The first-order chi connectivity index (χ1) is 12.4. The van der Waals surface area contributed by atoms with Crippen molar-refractivity contribution in [3.8, 4) is 0 Å². The molecule has 0 atom stereocenters. The first kappa shape index (κ1) is 17.9. The van der Waals surface area contributed by atoms with E-state index in [1.54, 1.807) is 18.5 Å². The summed E-state index contributed by atoms with van der Waals surface area (Å²) in [6, 6.07) is 8.90. The number of hydrogen-bond acceptors (Lipinski definition) is 5. The summed E-state index contributed by atoms with van der Waals surface area (Å²) in [5, 5.41) is 5.56. The molecule has 0 saturated carbocycles. The molecule has 0 aliphatic carbocycles. The van der Waals surface area contributed by atoms with Gasteiger partial charge >= 0.3 is 6.18 Å². The Morgan fingerprint density at radius 3 is 2.58 bits per heavy atom. The number of anilines is 3. The van der Waals surface area contributed by atoms with Gasteiger partial charge in [-0.1, -0.05) is 17.7 Å². The standard InChI is InChI=1S/C17H13ClF3N5/c18-14-4-3-12(6-13(14)17(19,20)21)26-16-7-15(24-10-25-16)23-9-11-2-1-5-22-8-11/h1-8,10H,9H2,(H2,23,24,25,26). The maximum Gasteiger partial charge on any atom is 0.417 e. The van der Waals surface area contributed by atoms with Crippen LogP contribution < -0.4 is 10.6 Å². The molecule has 0 fully saturated rings. The van der Waals surface area contributed by atoms with E-state index in [1.165, 1.54) is 18.5 Å². The zero-order valence-electron chi connectivity index (χ0n) is 13.3. The van der Waals surface area contributed by atoms with E-state index in [-0.39, 0.29) is 10.7 Å². The van der Waals surface area contributed by atoms with Crippen molar-refractivity contribution in [2.75, 3.05) is 10.6 Å². The maximum atomic E-state index is 12.9. The van der Waals surface area contributed by atoms with Crippen LogP contribution in [-0.2, 0) is 12.7 Å². The number of halogens is 4. The third-order valence-electron chi connectivity index (χ3n) is 3.41. The van der Waals surface area contributed by atoms with Crippen molar-refractivity contribution >= 4 is 28.9 Å². The molecule has 0 spiro atoms. The van der Waals surface area contributed by atoms with Crippen molar-refractivity contribution in [1.29, 1.82) is 0 Å². The minimum Gasteiger partial charge on any atom is -0.366 e. The van der Waals surface area contributed by atoms with Gasteiger partial charge < -0.3 is 10.6 Å². The highest BCUT2D eigenvalue weighted by atomic mass is 35.5. The number of aromatic nitrogens is 3. The fourth-order valence-electron chi connectivity index (χ4n) is 2.19. The van der Waals surface area contributed by atoms with Crippen LogP contribution in [0.25, 0.3) is 0 Å². The molecule has 0 aliphatic heterocycles. The molecule has 0 radical (unpaired) electrons. The van der Waals surface area contributed by atoms with E-state index in [2.05, 4.69) is 25.6 Å². The smallest absolute Gasteiger partial charge is 0.366 e. The molecule has 26 heavy (non-hydrogen) atoms. The molecule has 3 rings (SSSR count). The number of alkyl halides is 3. The lowest BCUT2D eigenvalue weighted by molar-refractivity contribution is -0.137. The largest absolute Gasteiger partial charge is 0.417 e. The molecule has 0 aliphatic rings. The lowest BCUT2D eigenvalue weighted by Crippen LogP contribution is -2.07. The highest BCUT2D eigenvalue weighted by Gasteiger charge is 2.33. The van der Waals surface area contributed by atoms with Gasteiger partial charge in [0.05, 0.1) is 10.6 Å². The summed E-state index contributed by atoms with van der Waals surface area (Å²) in [4.78, 5) is 12.1. The van der Waals surface area contributed by atoms with Gasteiger partial charge in [0.25, 0.3) is 0 Å². The van der Waals surface area contributed by atoms with Crippen molar-refractivity contribution in [3.05, 3.63) is 71.3 Å². The second-order valence-corrected chi connectivity index (χ2v) is 5.73. The number of rotatable bonds is 5. The zero-order valence-corrected chi connectivity index (χ0v) is 14.0. The number of hydrogen-bond donors (Lipinski definition) is 2. The number of pyridine rings is 1. The van der Waals surface area contributed by atoms with Crippen LogP contribution in [-0.4, -0.2) is 15.0 Å². The third-order valence-corrected chi connectivity index (χ3v) is 3.74. The van der Waals surface area contributed by atoms with Crippen LogP contribution in [0.5, 0.6) is 0 Å². The monoisotopic (exact) mass is 379 g/mol. The van der Waals surface area contributed by atoms with Crippen LogP contribution in [0.1, 0.15) is 11.1 Å². The van der Waals surface area contributed by atoms with Gasteiger partial charge in [0.1, 0.15) is 18.0 Å². The van der Waals surface area contributed by atoms with E-state index in [0.29, 0.717) is 18.2 Å². The molecule has 2 aromatic heterocycles. The molecule has 1 aromatic carbocycles. The Morgan fingerprint density at radius 2 is 1.85 bits per heavy atom. The molecular weight excluding hydrogens is 367 g/mol.